The number of aromatic nitrogens is 1. The average Bonchev–Trinajstić information content (AvgIpc) is 2.75. The van der Waals surface area contributed by atoms with Crippen LogP contribution in [0.25, 0.3) is 0 Å². The van der Waals surface area contributed by atoms with Crippen molar-refractivity contribution in [3.63, 3.8) is 0 Å². The Kier molecular flexibility index (Phi) is 6.92. The van der Waals surface area contributed by atoms with Gasteiger partial charge < -0.3 is 20.3 Å². The van der Waals surface area contributed by atoms with E-state index in [1.54, 1.807) is 63.8 Å². The standard InChI is InChI=1S/C22H22N4O3S/c1-26(2)22(28)30-16-12-10-15(11-13-16)24-21(27)17-7-6-14-23-20(17)25-18-8-4-5-9-19(18)29-3/h4-14H,1-3H3,(H,23,25)(H,24,27). The van der Waals surface area contributed by atoms with Gasteiger partial charge in [-0.2, -0.15) is 0 Å². The first-order chi connectivity index (χ1) is 14.5. The van der Waals surface area contributed by atoms with Crippen LogP contribution in [0.15, 0.2) is 71.8 Å². The first-order valence-corrected chi connectivity index (χ1v) is 9.95. The molecule has 0 unspecified atom stereocenters. The molecule has 3 aromatic rings. The van der Waals surface area contributed by atoms with Crippen molar-refractivity contribution in [3.8, 4) is 5.75 Å². The summed E-state index contributed by atoms with van der Waals surface area (Å²) >= 11 is 1.13. The summed E-state index contributed by atoms with van der Waals surface area (Å²) in [6.07, 6.45) is 1.61. The highest BCUT2D eigenvalue weighted by atomic mass is 32.2. The summed E-state index contributed by atoms with van der Waals surface area (Å²) < 4.78 is 5.35. The van der Waals surface area contributed by atoms with Gasteiger partial charge in [-0.1, -0.05) is 12.1 Å². The third-order valence-corrected chi connectivity index (χ3v) is 5.14. The summed E-state index contributed by atoms with van der Waals surface area (Å²) in [6.45, 7) is 0. The molecule has 2 aromatic carbocycles. The van der Waals surface area contributed by atoms with Crippen LogP contribution in [0.3, 0.4) is 0 Å². The number of hydrogen-bond donors (Lipinski definition) is 2. The Morgan fingerprint density at radius 1 is 1.00 bits per heavy atom. The fourth-order valence-electron chi connectivity index (χ4n) is 2.56. The zero-order valence-corrected chi connectivity index (χ0v) is 17.7. The van der Waals surface area contributed by atoms with Crippen LogP contribution in [0.4, 0.5) is 22.0 Å². The molecule has 0 fully saturated rings. The lowest BCUT2D eigenvalue weighted by Crippen LogP contribution is -2.16. The minimum Gasteiger partial charge on any atom is -0.495 e. The summed E-state index contributed by atoms with van der Waals surface area (Å²) in [6, 6.07) is 17.9. The number of nitrogens with zero attached hydrogens (tertiary/aromatic N) is 2. The first-order valence-electron chi connectivity index (χ1n) is 9.13. The topological polar surface area (TPSA) is 83.6 Å². The lowest BCUT2D eigenvalue weighted by Gasteiger charge is -2.14. The minimum absolute atomic E-state index is 0.0609. The molecule has 30 heavy (non-hydrogen) atoms. The number of rotatable bonds is 6. The summed E-state index contributed by atoms with van der Waals surface area (Å²) in [5, 5.41) is 5.96. The fourth-order valence-corrected chi connectivity index (χ4v) is 3.22. The van der Waals surface area contributed by atoms with Gasteiger partial charge in [0.15, 0.2) is 0 Å². The molecule has 1 heterocycles. The maximum absolute atomic E-state index is 12.8. The number of carbonyl (C=O) groups is 2. The van der Waals surface area contributed by atoms with Gasteiger partial charge in [0.25, 0.3) is 11.1 Å². The second-order valence-corrected chi connectivity index (χ2v) is 7.49. The molecule has 0 radical (unpaired) electrons. The lowest BCUT2D eigenvalue weighted by molar-refractivity contribution is 0.102. The maximum atomic E-state index is 12.8. The van der Waals surface area contributed by atoms with Gasteiger partial charge >= 0.3 is 0 Å². The summed E-state index contributed by atoms with van der Waals surface area (Å²) in [4.78, 5) is 31.2. The van der Waals surface area contributed by atoms with Crippen LogP contribution in [-0.2, 0) is 0 Å². The van der Waals surface area contributed by atoms with E-state index in [1.807, 2.05) is 24.3 Å². The Labute approximate surface area is 179 Å². The predicted octanol–water partition coefficient (Wildman–Crippen LogP) is 4.86. The van der Waals surface area contributed by atoms with Gasteiger partial charge in [-0.3, -0.25) is 9.59 Å². The fraction of sp³-hybridized carbons (Fsp3) is 0.136. The van der Waals surface area contributed by atoms with E-state index in [2.05, 4.69) is 15.6 Å². The molecular weight excluding hydrogens is 400 g/mol. The molecule has 0 saturated carbocycles. The monoisotopic (exact) mass is 422 g/mol. The smallest absolute Gasteiger partial charge is 0.285 e. The van der Waals surface area contributed by atoms with Gasteiger partial charge in [-0.05, 0) is 60.3 Å². The Bertz CT molecular complexity index is 1040. The van der Waals surface area contributed by atoms with Crippen LogP contribution in [0.2, 0.25) is 0 Å². The molecule has 0 saturated heterocycles. The van der Waals surface area contributed by atoms with Gasteiger partial charge in [-0.15, -0.1) is 0 Å². The quantitative estimate of drug-likeness (QED) is 0.552. The van der Waals surface area contributed by atoms with Gasteiger partial charge in [0.2, 0.25) is 0 Å². The predicted molar refractivity (Wildman–Crippen MR) is 120 cm³/mol. The van der Waals surface area contributed by atoms with E-state index < -0.39 is 0 Å². The van der Waals surface area contributed by atoms with E-state index in [1.165, 1.54) is 4.90 Å². The molecule has 0 bridgehead atoms. The van der Waals surface area contributed by atoms with Crippen LogP contribution < -0.4 is 15.4 Å². The van der Waals surface area contributed by atoms with E-state index in [0.29, 0.717) is 28.5 Å². The minimum atomic E-state index is -0.301. The molecule has 0 spiro atoms. The van der Waals surface area contributed by atoms with Gasteiger partial charge in [0.05, 0.1) is 18.4 Å². The number of ether oxygens (including phenoxy) is 1. The van der Waals surface area contributed by atoms with E-state index in [9.17, 15) is 9.59 Å². The Morgan fingerprint density at radius 3 is 2.43 bits per heavy atom. The number of methoxy groups -OCH3 is 1. The van der Waals surface area contributed by atoms with Gasteiger partial charge in [-0.25, -0.2) is 4.98 Å². The molecular formula is C22H22N4O3S. The summed E-state index contributed by atoms with van der Waals surface area (Å²) in [5.74, 6) is 0.767. The Morgan fingerprint density at radius 2 is 1.73 bits per heavy atom. The van der Waals surface area contributed by atoms with Crippen molar-refractivity contribution in [1.82, 2.24) is 9.88 Å². The lowest BCUT2D eigenvalue weighted by atomic mass is 10.2. The normalized spacial score (nSPS) is 10.2. The highest BCUT2D eigenvalue weighted by Crippen LogP contribution is 2.28. The Hall–Kier alpha value is -3.52. The average molecular weight is 423 g/mol. The van der Waals surface area contributed by atoms with E-state index >= 15 is 0 Å². The molecule has 0 atom stereocenters. The number of anilines is 3. The third-order valence-electron chi connectivity index (χ3n) is 4.09. The highest BCUT2D eigenvalue weighted by Gasteiger charge is 2.14. The first kappa shape index (κ1) is 21.2. The van der Waals surface area contributed by atoms with E-state index in [-0.39, 0.29) is 11.1 Å². The third kappa shape index (κ3) is 5.30. The number of amides is 2. The molecule has 2 amide bonds. The molecule has 0 aliphatic heterocycles. The zero-order chi connectivity index (χ0) is 21.5. The molecule has 8 heteroatoms. The molecule has 0 aliphatic carbocycles. The van der Waals surface area contributed by atoms with Crippen LogP contribution in [0, 0.1) is 0 Å². The van der Waals surface area contributed by atoms with Crippen molar-refractivity contribution in [2.24, 2.45) is 0 Å². The largest absolute Gasteiger partial charge is 0.495 e. The van der Waals surface area contributed by atoms with Crippen LogP contribution >= 0.6 is 11.8 Å². The number of benzene rings is 2. The number of nitrogens with one attached hydrogen (secondary N) is 2. The van der Waals surface area contributed by atoms with Crippen molar-refractivity contribution in [2.45, 2.75) is 4.90 Å². The van der Waals surface area contributed by atoms with Crippen molar-refractivity contribution in [2.75, 3.05) is 31.8 Å². The van der Waals surface area contributed by atoms with E-state index in [4.69, 9.17) is 4.74 Å². The second kappa shape index (κ2) is 9.80. The summed E-state index contributed by atoms with van der Waals surface area (Å²) in [5.41, 5.74) is 1.72. The van der Waals surface area contributed by atoms with Crippen LogP contribution in [0.1, 0.15) is 10.4 Å². The number of carbonyl (C=O) groups excluding carboxylic acids is 2. The molecule has 0 aliphatic rings. The number of hydrogen-bond acceptors (Lipinski definition) is 6. The van der Waals surface area contributed by atoms with Crippen LogP contribution in [0.5, 0.6) is 5.75 Å². The van der Waals surface area contributed by atoms with Gasteiger partial charge in [0, 0.05) is 30.9 Å². The maximum Gasteiger partial charge on any atom is 0.285 e. The molecule has 1 aromatic heterocycles. The molecule has 7 nitrogen and oxygen atoms in total. The van der Waals surface area contributed by atoms with Crippen molar-refractivity contribution < 1.29 is 14.3 Å². The SMILES string of the molecule is COc1ccccc1Nc1ncccc1C(=O)Nc1ccc(SC(=O)N(C)C)cc1. The number of para-hydroxylation sites is 2. The number of pyridine rings is 1. The second-order valence-electron chi connectivity index (χ2n) is 6.47. The molecule has 154 valence electrons. The molecule has 2 N–H and O–H groups in total. The van der Waals surface area contributed by atoms with E-state index in [0.717, 1.165) is 16.7 Å². The summed E-state index contributed by atoms with van der Waals surface area (Å²) in [7, 11) is 4.99. The number of thioether (sulfide) groups is 1. The van der Waals surface area contributed by atoms with Crippen LogP contribution in [-0.4, -0.2) is 42.2 Å². The Balaban J connectivity index is 1.74. The zero-order valence-electron chi connectivity index (χ0n) is 16.9. The molecule has 3 rings (SSSR count). The van der Waals surface area contributed by atoms with Crippen molar-refractivity contribution in [3.05, 3.63) is 72.4 Å². The highest BCUT2D eigenvalue weighted by molar-refractivity contribution is 8.13. The van der Waals surface area contributed by atoms with Gasteiger partial charge in [0.1, 0.15) is 11.6 Å². The van der Waals surface area contributed by atoms with Crippen molar-refractivity contribution in [1.29, 1.82) is 0 Å². The van der Waals surface area contributed by atoms with Crippen molar-refractivity contribution >= 4 is 40.1 Å².